The van der Waals surface area contributed by atoms with Gasteiger partial charge in [0, 0.05) is 18.6 Å². The van der Waals surface area contributed by atoms with E-state index in [4.69, 9.17) is 5.26 Å². The van der Waals surface area contributed by atoms with Crippen molar-refractivity contribution in [1.29, 1.82) is 5.26 Å². The van der Waals surface area contributed by atoms with E-state index in [9.17, 15) is 0 Å². The zero-order valence-electron chi connectivity index (χ0n) is 8.08. The number of pyridine rings is 1. The first-order valence-electron chi connectivity index (χ1n) is 4.17. The molecule has 2 aromatic rings. The van der Waals surface area contributed by atoms with Gasteiger partial charge in [0.25, 0.3) is 0 Å². The number of hydrogen-bond acceptors (Lipinski definition) is 3. The summed E-state index contributed by atoms with van der Waals surface area (Å²) in [6.45, 7) is 1.89. The minimum Gasteiger partial charge on any atom is -0.289 e. The van der Waals surface area contributed by atoms with Crippen LogP contribution >= 0.6 is 12.4 Å². The molecule has 2 rings (SSSR count). The predicted octanol–water partition coefficient (Wildman–Crippen LogP) is 1.87. The third-order valence-corrected chi connectivity index (χ3v) is 2.00. The van der Waals surface area contributed by atoms with Crippen LogP contribution in [0.4, 0.5) is 0 Å². The van der Waals surface area contributed by atoms with Gasteiger partial charge in [-0.2, -0.15) is 5.26 Å². The van der Waals surface area contributed by atoms with Crippen molar-refractivity contribution in [3.8, 4) is 11.9 Å². The fraction of sp³-hybridized carbons (Fsp3) is 0.100. The van der Waals surface area contributed by atoms with Gasteiger partial charge in [0.15, 0.2) is 5.82 Å². The van der Waals surface area contributed by atoms with Crippen molar-refractivity contribution in [3.63, 3.8) is 0 Å². The number of aryl methyl sites for hydroxylation is 1. The average molecular weight is 221 g/mol. The lowest BCUT2D eigenvalue weighted by Gasteiger charge is -2.04. The van der Waals surface area contributed by atoms with Gasteiger partial charge in [-0.25, -0.2) is 9.97 Å². The lowest BCUT2D eigenvalue weighted by Crippen LogP contribution is -1.99. The van der Waals surface area contributed by atoms with E-state index in [1.807, 2.05) is 13.0 Å². The number of rotatable bonds is 1. The fourth-order valence-corrected chi connectivity index (χ4v) is 1.26. The maximum absolute atomic E-state index is 8.97. The number of nitrogens with zero attached hydrogens (tertiary/aromatic N) is 4. The smallest absolute Gasteiger partial charge is 0.156 e. The molecular weight excluding hydrogens is 212 g/mol. The molecule has 0 atom stereocenters. The Kier molecular flexibility index (Phi) is 3.42. The molecule has 0 aliphatic heterocycles. The van der Waals surface area contributed by atoms with E-state index in [1.165, 1.54) is 0 Å². The zero-order chi connectivity index (χ0) is 9.97. The maximum atomic E-state index is 8.97. The Morgan fingerprint density at radius 3 is 2.80 bits per heavy atom. The van der Waals surface area contributed by atoms with Gasteiger partial charge < -0.3 is 0 Å². The van der Waals surface area contributed by atoms with Crippen LogP contribution in [-0.2, 0) is 0 Å². The molecule has 0 aliphatic carbocycles. The van der Waals surface area contributed by atoms with Gasteiger partial charge in [-0.05, 0) is 18.6 Å². The SMILES string of the molecule is Cc1ccnc(-n2ccnc2)c1C#N.Cl. The molecule has 2 heterocycles. The van der Waals surface area contributed by atoms with E-state index >= 15 is 0 Å². The van der Waals surface area contributed by atoms with Crippen LogP contribution < -0.4 is 0 Å². The Morgan fingerprint density at radius 2 is 2.20 bits per heavy atom. The molecule has 0 aliphatic rings. The molecule has 0 fully saturated rings. The molecule has 0 unspecified atom stereocenters. The van der Waals surface area contributed by atoms with Crippen LogP contribution in [0.25, 0.3) is 5.82 Å². The molecule has 2 aromatic heterocycles. The van der Waals surface area contributed by atoms with E-state index in [1.54, 1.807) is 29.5 Å². The highest BCUT2D eigenvalue weighted by Gasteiger charge is 2.07. The lowest BCUT2D eigenvalue weighted by molar-refractivity contribution is 0.980. The van der Waals surface area contributed by atoms with Crippen molar-refractivity contribution >= 4 is 12.4 Å². The topological polar surface area (TPSA) is 54.5 Å². The first-order chi connectivity index (χ1) is 6.83. The van der Waals surface area contributed by atoms with Gasteiger partial charge >= 0.3 is 0 Å². The van der Waals surface area contributed by atoms with Gasteiger partial charge in [-0.1, -0.05) is 0 Å². The molecule has 0 bridgehead atoms. The molecule has 0 amide bonds. The van der Waals surface area contributed by atoms with Crippen LogP contribution in [-0.4, -0.2) is 14.5 Å². The number of halogens is 1. The Balaban J connectivity index is 0.00000112. The summed E-state index contributed by atoms with van der Waals surface area (Å²) >= 11 is 0. The minimum absolute atomic E-state index is 0. The third-order valence-electron chi connectivity index (χ3n) is 2.00. The van der Waals surface area contributed by atoms with Gasteiger partial charge in [0.2, 0.25) is 0 Å². The number of hydrogen-bond donors (Lipinski definition) is 0. The van der Waals surface area contributed by atoms with Gasteiger partial charge in [-0.15, -0.1) is 12.4 Å². The van der Waals surface area contributed by atoms with Crippen LogP contribution in [0.5, 0.6) is 0 Å². The Bertz CT molecular complexity index is 485. The summed E-state index contributed by atoms with van der Waals surface area (Å²) in [5.41, 5.74) is 1.51. The predicted molar refractivity (Wildman–Crippen MR) is 58.1 cm³/mol. The van der Waals surface area contributed by atoms with Crippen molar-refractivity contribution in [2.45, 2.75) is 6.92 Å². The first-order valence-corrected chi connectivity index (χ1v) is 4.17. The summed E-state index contributed by atoms with van der Waals surface area (Å²) in [6.07, 6.45) is 6.74. The van der Waals surface area contributed by atoms with Crippen molar-refractivity contribution in [3.05, 3.63) is 42.1 Å². The molecule has 0 N–H and O–H groups in total. The van der Waals surface area contributed by atoms with E-state index in [-0.39, 0.29) is 12.4 Å². The summed E-state index contributed by atoms with van der Waals surface area (Å²) in [6, 6.07) is 3.96. The molecular formula is C10H9ClN4. The summed E-state index contributed by atoms with van der Waals surface area (Å²) in [5.74, 6) is 0.630. The van der Waals surface area contributed by atoms with Crippen molar-refractivity contribution < 1.29 is 0 Å². The highest BCUT2D eigenvalue weighted by atomic mass is 35.5. The Labute approximate surface area is 93.6 Å². The number of aromatic nitrogens is 3. The van der Waals surface area contributed by atoms with Crippen LogP contribution in [0.1, 0.15) is 11.1 Å². The second kappa shape index (κ2) is 4.58. The normalized spacial score (nSPS) is 9.07. The molecule has 15 heavy (non-hydrogen) atoms. The maximum Gasteiger partial charge on any atom is 0.156 e. The summed E-state index contributed by atoms with van der Waals surface area (Å²) in [4.78, 5) is 8.07. The van der Waals surface area contributed by atoms with Crippen molar-refractivity contribution in [2.75, 3.05) is 0 Å². The average Bonchev–Trinajstić information content (AvgIpc) is 2.70. The molecule has 76 valence electrons. The van der Waals surface area contributed by atoms with E-state index < -0.39 is 0 Å². The molecule has 0 aromatic carbocycles. The van der Waals surface area contributed by atoms with Crippen molar-refractivity contribution in [1.82, 2.24) is 14.5 Å². The molecule has 0 radical (unpaired) electrons. The highest BCUT2D eigenvalue weighted by molar-refractivity contribution is 5.85. The summed E-state index contributed by atoms with van der Waals surface area (Å²) < 4.78 is 1.73. The largest absolute Gasteiger partial charge is 0.289 e. The summed E-state index contributed by atoms with van der Waals surface area (Å²) in [5, 5.41) is 8.97. The van der Waals surface area contributed by atoms with E-state index in [2.05, 4.69) is 16.0 Å². The molecule has 0 saturated carbocycles. The minimum atomic E-state index is 0. The van der Waals surface area contributed by atoms with E-state index in [0.29, 0.717) is 11.4 Å². The van der Waals surface area contributed by atoms with Crippen molar-refractivity contribution in [2.24, 2.45) is 0 Å². The Morgan fingerprint density at radius 1 is 1.40 bits per heavy atom. The second-order valence-electron chi connectivity index (χ2n) is 2.91. The molecule has 5 heteroatoms. The molecule has 0 spiro atoms. The monoisotopic (exact) mass is 220 g/mol. The summed E-state index contributed by atoms with van der Waals surface area (Å²) in [7, 11) is 0. The number of imidazole rings is 1. The standard InChI is InChI=1S/C10H8N4.ClH/c1-8-2-3-13-10(9(8)6-11)14-5-4-12-7-14;/h2-5,7H,1H3;1H. The van der Waals surface area contributed by atoms with Crippen LogP contribution in [0.3, 0.4) is 0 Å². The fourth-order valence-electron chi connectivity index (χ4n) is 1.26. The molecule has 4 nitrogen and oxygen atoms in total. The lowest BCUT2D eigenvalue weighted by atomic mass is 10.1. The van der Waals surface area contributed by atoms with Crippen LogP contribution in [0.15, 0.2) is 31.0 Å². The van der Waals surface area contributed by atoms with Crippen LogP contribution in [0.2, 0.25) is 0 Å². The zero-order valence-corrected chi connectivity index (χ0v) is 8.90. The van der Waals surface area contributed by atoms with Gasteiger partial charge in [-0.3, -0.25) is 4.57 Å². The van der Waals surface area contributed by atoms with Gasteiger partial charge in [0.05, 0.1) is 5.56 Å². The number of nitriles is 1. The first kappa shape index (κ1) is 11.2. The van der Waals surface area contributed by atoms with Crippen LogP contribution in [0, 0.1) is 18.3 Å². The Hall–Kier alpha value is -1.86. The van der Waals surface area contributed by atoms with Gasteiger partial charge in [0.1, 0.15) is 12.4 Å². The molecule has 0 saturated heterocycles. The third kappa shape index (κ3) is 1.97. The second-order valence-corrected chi connectivity index (χ2v) is 2.91. The van der Waals surface area contributed by atoms with E-state index in [0.717, 1.165) is 5.56 Å². The quantitative estimate of drug-likeness (QED) is 0.737. The highest BCUT2D eigenvalue weighted by Crippen LogP contribution is 2.13.